The summed E-state index contributed by atoms with van der Waals surface area (Å²) in [6.45, 7) is 6.94. The molecule has 0 spiro atoms. The summed E-state index contributed by atoms with van der Waals surface area (Å²) in [5.41, 5.74) is 1.03. The normalized spacial score (nSPS) is 16.4. The van der Waals surface area contributed by atoms with Gasteiger partial charge in [-0.15, -0.1) is 0 Å². The zero-order valence-corrected chi connectivity index (χ0v) is 15.5. The minimum absolute atomic E-state index is 0.254. The first kappa shape index (κ1) is 19.5. The molecule has 1 saturated heterocycles. The van der Waals surface area contributed by atoms with Gasteiger partial charge < -0.3 is 20.6 Å². The summed E-state index contributed by atoms with van der Waals surface area (Å²) in [4.78, 5) is 18.7. The first-order valence-corrected chi connectivity index (χ1v) is 9.44. The van der Waals surface area contributed by atoms with Gasteiger partial charge in [-0.2, -0.15) is 0 Å². The van der Waals surface area contributed by atoms with E-state index in [0.717, 1.165) is 24.5 Å². The number of hydrogen-bond acceptors (Lipinski definition) is 4. The Hall–Kier alpha value is -1.82. The van der Waals surface area contributed by atoms with Crippen LogP contribution in [0.5, 0.6) is 0 Å². The van der Waals surface area contributed by atoms with E-state index in [2.05, 4.69) is 40.4 Å². The predicted octanol–water partition coefficient (Wildman–Crippen LogP) is 2.67. The lowest BCUT2D eigenvalue weighted by Gasteiger charge is -2.21. The molecule has 1 aromatic heterocycles. The Morgan fingerprint density at radius 3 is 2.64 bits per heavy atom. The molecule has 3 N–H and O–H groups in total. The van der Waals surface area contributed by atoms with Gasteiger partial charge in [0.25, 0.3) is 0 Å². The van der Waals surface area contributed by atoms with Crippen LogP contribution in [0.3, 0.4) is 0 Å². The van der Waals surface area contributed by atoms with E-state index >= 15 is 0 Å². The van der Waals surface area contributed by atoms with Gasteiger partial charge in [0, 0.05) is 32.4 Å². The molecule has 2 heterocycles. The number of aromatic nitrogens is 1. The molecule has 0 bridgehead atoms. The van der Waals surface area contributed by atoms with Crippen molar-refractivity contribution in [3.63, 3.8) is 0 Å². The van der Waals surface area contributed by atoms with Crippen LogP contribution < -0.4 is 15.5 Å². The second-order valence-corrected chi connectivity index (χ2v) is 7.27. The number of hydrogen-bond donors (Lipinski definition) is 3. The van der Waals surface area contributed by atoms with Crippen LogP contribution in [0.4, 0.5) is 10.6 Å². The number of nitrogens with zero attached hydrogens (tertiary/aromatic N) is 2. The van der Waals surface area contributed by atoms with Crippen molar-refractivity contribution in [3.05, 3.63) is 23.9 Å². The number of pyridine rings is 1. The van der Waals surface area contributed by atoms with Crippen molar-refractivity contribution in [1.29, 1.82) is 0 Å². The molecule has 6 heteroatoms. The highest BCUT2D eigenvalue weighted by Crippen LogP contribution is 2.18. The number of aliphatic hydroxyl groups is 1. The Balaban J connectivity index is 1.78. The molecular formula is C19H32N4O2. The van der Waals surface area contributed by atoms with Gasteiger partial charge in [-0.25, -0.2) is 9.78 Å². The average Bonchev–Trinajstić information content (AvgIpc) is 2.87. The number of amides is 2. The van der Waals surface area contributed by atoms with Gasteiger partial charge in [0.05, 0.1) is 6.10 Å². The maximum absolute atomic E-state index is 11.9. The first-order chi connectivity index (χ1) is 12.0. The van der Waals surface area contributed by atoms with Gasteiger partial charge in [-0.3, -0.25) is 0 Å². The molecule has 6 nitrogen and oxygen atoms in total. The molecule has 1 fully saturated rings. The van der Waals surface area contributed by atoms with Crippen LogP contribution >= 0.6 is 0 Å². The van der Waals surface area contributed by atoms with E-state index in [1.165, 1.54) is 25.7 Å². The zero-order chi connectivity index (χ0) is 18.1. The van der Waals surface area contributed by atoms with Gasteiger partial charge in [0.15, 0.2) is 0 Å². The maximum atomic E-state index is 11.9. The number of nitrogens with one attached hydrogen (secondary N) is 2. The molecule has 2 amide bonds. The minimum Gasteiger partial charge on any atom is -0.391 e. The number of carbonyl (C=O) groups excluding carboxylic acids is 1. The molecular weight excluding hydrogens is 316 g/mol. The van der Waals surface area contributed by atoms with Crippen LogP contribution in [0.15, 0.2) is 18.3 Å². The fraction of sp³-hybridized carbons (Fsp3) is 0.684. The molecule has 1 aromatic rings. The quantitative estimate of drug-likeness (QED) is 0.708. The molecule has 1 aliphatic rings. The number of rotatable bonds is 7. The minimum atomic E-state index is -0.499. The highest BCUT2D eigenvalue weighted by molar-refractivity contribution is 5.73. The van der Waals surface area contributed by atoms with E-state index in [4.69, 9.17) is 0 Å². The standard InChI is InChI=1S/C19H32N4O2/c1-15(2)11-17(24)14-22-19(25)21-13-16-7-8-20-18(12-16)23-9-5-3-4-6-10-23/h7-8,12,15,17,24H,3-6,9-11,13-14H2,1-2H3,(H2,21,22,25). The number of carbonyl (C=O) groups is 1. The molecule has 0 radical (unpaired) electrons. The molecule has 1 atom stereocenters. The fourth-order valence-corrected chi connectivity index (χ4v) is 3.13. The van der Waals surface area contributed by atoms with E-state index in [1.54, 1.807) is 0 Å². The maximum Gasteiger partial charge on any atom is 0.315 e. The summed E-state index contributed by atoms with van der Waals surface area (Å²) in [6, 6.07) is 3.73. The third-order valence-corrected chi connectivity index (χ3v) is 4.43. The van der Waals surface area contributed by atoms with Crippen LogP contribution in [-0.2, 0) is 6.54 Å². The summed E-state index contributed by atoms with van der Waals surface area (Å²) in [7, 11) is 0. The monoisotopic (exact) mass is 348 g/mol. The SMILES string of the molecule is CC(C)CC(O)CNC(=O)NCc1ccnc(N2CCCCCC2)c1. The van der Waals surface area contributed by atoms with E-state index < -0.39 is 6.10 Å². The fourth-order valence-electron chi connectivity index (χ4n) is 3.13. The zero-order valence-electron chi connectivity index (χ0n) is 15.5. The lowest BCUT2D eigenvalue weighted by Crippen LogP contribution is -2.39. The summed E-state index contributed by atoms with van der Waals surface area (Å²) in [5, 5.41) is 15.4. The van der Waals surface area contributed by atoms with E-state index in [0.29, 0.717) is 18.9 Å². The molecule has 25 heavy (non-hydrogen) atoms. The second kappa shape index (κ2) is 10.2. The smallest absolute Gasteiger partial charge is 0.315 e. The number of aliphatic hydroxyl groups excluding tert-OH is 1. The average molecular weight is 348 g/mol. The highest BCUT2D eigenvalue weighted by Gasteiger charge is 2.12. The topological polar surface area (TPSA) is 77.5 Å². The Bertz CT molecular complexity index is 528. The van der Waals surface area contributed by atoms with Crippen LogP contribution in [0.2, 0.25) is 0 Å². The van der Waals surface area contributed by atoms with Crippen LogP contribution in [0.1, 0.15) is 51.5 Å². The third-order valence-electron chi connectivity index (χ3n) is 4.43. The van der Waals surface area contributed by atoms with Crippen LogP contribution in [0, 0.1) is 5.92 Å². The molecule has 140 valence electrons. The molecule has 0 saturated carbocycles. The van der Waals surface area contributed by atoms with Gasteiger partial charge in [-0.1, -0.05) is 26.7 Å². The molecule has 1 aliphatic heterocycles. The van der Waals surface area contributed by atoms with Crippen molar-refractivity contribution in [3.8, 4) is 0 Å². The Morgan fingerprint density at radius 2 is 1.96 bits per heavy atom. The summed E-state index contributed by atoms with van der Waals surface area (Å²) < 4.78 is 0. The Kier molecular flexibility index (Phi) is 7.98. The lowest BCUT2D eigenvalue weighted by molar-refractivity contribution is 0.147. The van der Waals surface area contributed by atoms with E-state index in [-0.39, 0.29) is 12.6 Å². The number of urea groups is 1. The third kappa shape index (κ3) is 7.30. The molecule has 1 unspecified atom stereocenters. The molecule has 0 aromatic carbocycles. The molecule has 2 rings (SSSR count). The van der Waals surface area contributed by atoms with Crippen molar-refractivity contribution in [1.82, 2.24) is 15.6 Å². The van der Waals surface area contributed by atoms with Gasteiger partial charge in [0.1, 0.15) is 5.82 Å². The molecule has 0 aliphatic carbocycles. The van der Waals surface area contributed by atoms with Crippen molar-refractivity contribution in [2.24, 2.45) is 5.92 Å². The van der Waals surface area contributed by atoms with Gasteiger partial charge >= 0.3 is 6.03 Å². The Morgan fingerprint density at radius 1 is 1.24 bits per heavy atom. The summed E-state index contributed by atoms with van der Waals surface area (Å²) in [6.07, 6.45) is 7.00. The van der Waals surface area contributed by atoms with Crippen LogP contribution in [0.25, 0.3) is 0 Å². The van der Waals surface area contributed by atoms with E-state index in [9.17, 15) is 9.90 Å². The first-order valence-electron chi connectivity index (χ1n) is 9.44. The van der Waals surface area contributed by atoms with Gasteiger partial charge in [0.2, 0.25) is 0 Å². The van der Waals surface area contributed by atoms with Crippen molar-refractivity contribution in [2.75, 3.05) is 24.5 Å². The number of anilines is 1. The lowest BCUT2D eigenvalue weighted by atomic mass is 10.1. The van der Waals surface area contributed by atoms with E-state index in [1.807, 2.05) is 12.3 Å². The highest BCUT2D eigenvalue weighted by atomic mass is 16.3. The van der Waals surface area contributed by atoms with Crippen molar-refractivity contribution >= 4 is 11.8 Å². The van der Waals surface area contributed by atoms with Crippen molar-refractivity contribution < 1.29 is 9.90 Å². The Labute approximate surface area is 151 Å². The summed E-state index contributed by atoms with van der Waals surface area (Å²) >= 11 is 0. The van der Waals surface area contributed by atoms with Crippen LogP contribution in [-0.4, -0.2) is 41.9 Å². The summed E-state index contributed by atoms with van der Waals surface area (Å²) in [5.74, 6) is 1.41. The van der Waals surface area contributed by atoms with Crippen molar-refractivity contribution in [2.45, 2.75) is 58.6 Å². The largest absolute Gasteiger partial charge is 0.391 e. The van der Waals surface area contributed by atoms with Gasteiger partial charge in [-0.05, 0) is 42.9 Å². The predicted molar refractivity (Wildman–Crippen MR) is 101 cm³/mol. The second-order valence-electron chi connectivity index (χ2n) is 7.27.